The van der Waals surface area contributed by atoms with E-state index in [9.17, 15) is 0 Å². The van der Waals surface area contributed by atoms with Crippen LogP contribution in [-0.4, -0.2) is 22.4 Å². The van der Waals surface area contributed by atoms with E-state index in [4.69, 9.17) is 4.74 Å². The van der Waals surface area contributed by atoms with Crippen molar-refractivity contribution in [3.05, 3.63) is 35.4 Å². The molecule has 2 atom stereocenters. The number of halogens is 1. The Morgan fingerprint density at radius 3 is 2.71 bits per heavy atom. The first-order valence-corrected chi connectivity index (χ1v) is 7.18. The zero-order valence-electron chi connectivity index (χ0n) is 10.7. The largest absolute Gasteiger partial charge is 0.378 e. The van der Waals surface area contributed by atoms with Crippen molar-refractivity contribution in [1.29, 1.82) is 0 Å². The molecule has 0 spiro atoms. The van der Waals surface area contributed by atoms with Crippen LogP contribution in [0.25, 0.3) is 0 Å². The third-order valence-corrected chi connectivity index (χ3v) is 4.95. The topological polar surface area (TPSA) is 12.5 Å². The molecule has 0 saturated carbocycles. The number of morpholine rings is 1. The van der Waals surface area contributed by atoms with Crippen LogP contribution < -0.4 is 0 Å². The summed E-state index contributed by atoms with van der Waals surface area (Å²) in [5.41, 5.74) is 2.86. The Bertz CT molecular complexity index is 380. The molecule has 1 fully saturated rings. The summed E-state index contributed by atoms with van der Waals surface area (Å²) in [6.07, 6.45) is 0. The lowest BCUT2D eigenvalue weighted by Crippen LogP contribution is -2.40. The van der Waals surface area contributed by atoms with Crippen molar-refractivity contribution >= 4 is 22.9 Å². The van der Waals surface area contributed by atoms with Gasteiger partial charge in [0.05, 0.1) is 19.3 Å². The summed E-state index contributed by atoms with van der Waals surface area (Å²) in [4.78, 5) is 0. The van der Waals surface area contributed by atoms with Crippen molar-refractivity contribution in [2.75, 3.05) is 13.2 Å². The highest BCUT2D eigenvalue weighted by Crippen LogP contribution is 2.34. The van der Waals surface area contributed by atoms with E-state index in [-0.39, 0.29) is 0 Å². The molecule has 0 radical (unpaired) electrons. The Balaban J connectivity index is 2.32. The minimum absolute atomic E-state index is 0.387. The Morgan fingerprint density at radius 2 is 2.00 bits per heavy atom. The average Bonchev–Trinajstić information content (AvgIpc) is 2.33. The first kappa shape index (κ1) is 13.3. The molecule has 1 aromatic rings. The molecule has 1 aliphatic rings. The van der Waals surface area contributed by atoms with Gasteiger partial charge in [-0.2, -0.15) is 0 Å². The predicted octanol–water partition coefficient (Wildman–Crippen LogP) is 3.92. The lowest BCUT2D eigenvalue weighted by Gasteiger charge is -2.37. The van der Waals surface area contributed by atoms with E-state index in [0.717, 1.165) is 13.2 Å². The fourth-order valence-corrected chi connectivity index (χ4v) is 2.98. The molecule has 2 unspecified atom stereocenters. The van der Waals surface area contributed by atoms with Crippen molar-refractivity contribution in [1.82, 2.24) is 3.11 Å². The van der Waals surface area contributed by atoms with Crippen LogP contribution in [0.15, 0.2) is 24.3 Å². The molecule has 0 aromatic heterocycles. The molecule has 0 bridgehead atoms. The lowest BCUT2D eigenvalue weighted by atomic mass is 9.92. The quantitative estimate of drug-likeness (QED) is 0.595. The van der Waals surface area contributed by atoms with Crippen LogP contribution in [0.5, 0.6) is 0 Å². The van der Waals surface area contributed by atoms with Gasteiger partial charge in [0.1, 0.15) is 0 Å². The van der Waals surface area contributed by atoms with Gasteiger partial charge in [0.2, 0.25) is 0 Å². The SMILES string of the molecule is CC(C)c1ccccc1C1COCC(C)N1I. The molecule has 2 nitrogen and oxygen atoms in total. The van der Waals surface area contributed by atoms with E-state index in [1.165, 1.54) is 11.1 Å². The highest BCUT2D eigenvalue weighted by molar-refractivity contribution is 14.1. The second-order valence-electron chi connectivity index (χ2n) is 5.03. The maximum Gasteiger partial charge on any atom is 0.0684 e. The number of ether oxygens (including phenoxy) is 1. The normalized spacial score (nSPS) is 26.4. The van der Waals surface area contributed by atoms with Crippen molar-refractivity contribution < 1.29 is 4.74 Å². The monoisotopic (exact) mass is 345 g/mol. The number of benzene rings is 1. The van der Waals surface area contributed by atoms with Crippen molar-refractivity contribution in [3.63, 3.8) is 0 Å². The van der Waals surface area contributed by atoms with Gasteiger partial charge in [-0.3, -0.25) is 0 Å². The number of hydrogen-bond donors (Lipinski definition) is 0. The lowest BCUT2D eigenvalue weighted by molar-refractivity contribution is 0.0127. The van der Waals surface area contributed by atoms with Crippen LogP contribution in [0.3, 0.4) is 0 Å². The first-order valence-electron chi connectivity index (χ1n) is 6.22. The van der Waals surface area contributed by atoms with Gasteiger partial charge in [-0.25, -0.2) is 3.11 Å². The van der Waals surface area contributed by atoms with Crippen LogP contribution in [0.1, 0.15) is 43.9 Å². The average molecular weight is 345 g/mol. The molecule has 0 amide bonds. The van der Waals surface area contributed by atoms with Crippen LogP contribution >= 0.6 is 22.9 Å². The fraction of sp³-hybridized carbons (Fsp3) is 0.571. The smallest absolute Gasteiger partial charge is 0.0684 e. The number of hydrogen-bond acceptors (Lipinski definition) is 2. The van der Waals surface area contributed by atoms with Gasteiger partial charge < -0.3 is 4.74 Å². The first-order chi connectivity index (χ1) is 8.11. The highest BCUT2D eigenvalue weighted by Gasteiger charge is 2.29. The molecule has 94 valence electrons. The van der Waals surface area contributed by atoms with E-state index in [1.807, 2.05) is 0 Å². The summed E-state index contributed by atoms with van der Waals surface area (Å²) in [6, 6.07) is 9.61. The second kappa shape index (κ2) is 5.67. The van der Waals surface area contributed by atoms with Crippen LogP contribution in [-0.2, 0) is 4.74 Å². The van der Waals surface area contributed by atoms with E-state index >= 15 is 0 Å². The minimum Gasteiger partial charge on any atom is -0.378 e. The minimum atomic E-state index is 0.387. The molecule has 2 rings (SSSR count). The van der Waals surface area contributed by atoms with Crippen molar-refractivity contribution in [2.45, 2.75) is 38.8 Å². The number of nitrogens with zero attached hydrogens (tertiary/aromatic N) is 1. The molecular weight excluding hydrogens is 325 g/mol. The van der Waals surface area contributed by atoms with Crippen molar-refractivity contribution in [2.24, 2.45) is 0 Å². The summed E-state index contributed by atoms with van der Waals surface area (Å²) in [5.74, 6) is 0.563. The van der Waals surface area contributed by atoms with E-state index in [2.05, 4.69) is 71.0 Å². The van der Waals surface area contributed by atoms with Gasteiger partial charge >= 0.3 is 0 Å². The Morgan fingerprint density at radius 1 is 1.29 bits per heavy atom. The maximum absolute atomic E-state index is 5.71. The Labute approximate surface area is 118 Å². The van der Waals surface area contributed by atoms with E-state index in [1.54, 1.807) is 0 Å². The predicted molar refractivity (Wildman–Crippen MR) is 79.4 cm³/mol. The third kappa shape index (κ3) is 2.83. The van der Waals surface area contributed by atoms with Gasteiger partial charge in [-0.1, -0.05) is 38.1 Å². The zero-order chi connectivity index (χ0) is 12.4. The van der Waals surface area contributed by atoms with Crippen LogP contribution in [0.4, 0.5) is 0 Å². The van der Waals surface area contributed by atoms with Crippen LogP contribution in [0, 0.1) is 0 Å². The molecule has 3 heteroatoms. The van der Waals surface area contributed by atoms with E-state index in [0.29, 0.717) is 18.0 Å². The molecule has 1 heterocycles. The van der Waals surface area contributed by atoms with Gasteiger partial charge in [-0.05, 0) is 24.0 Å². The Kier molecular flexibility index (Phi) is 4.44. The summed E-state index contributed by atoms with van der Waals surface area (Å²) in [7, 11) is 0. The number of rotatable bonds is 2. The third-order valence-electron chi connectivity index (χ3n) is 3.33. The molecule has 1 aliphatic heterocycles. The van der Waals surface area contributed by atoms with Gasteiger partial charge in [0.15, 0.2) is 0 Å². The summed E-state index contributed by atoms with van der Waals surface area (Å²) in [6.45, 7) is 8.36. The molecule has 1 aromatic carbocycles. The summed E-state index contributed by atoms with van der Waals surface area (Å²) < 4.78 is 8.11. The standard InChI is InChI=1S/C14H20INO/c1-10(2)12-6-4-5-7-13(12)14-9-17-8-11(3)16(14)15/h4-7,10-11,14H,8-9H2,1-3H3. The van der Waals surface area contributed by atoms with Crippen LogP contribution in [0.2, 0.25) is 0 Å². The zero-order valence-corrected chi connectivity index (χ0v) is 12.8. The highest BCUT2D eigenvalue weighted by atomic mass is 127. The maximum atomic E-state index is 5.71. The van der Waals surface area contributed by atoms with Gasteiger partial charge in [-0.15, -0.1) is 0 Å². The summed E-state index contributed by atoms with van der Waals surface area (Å²) in [5, 5.41) is 0. The molecular formula is C14H20INO. The van der Waals surface area contributed by atoms with E-state index < -0.39 is 0 Å². The fourth-order valence-electron chi connectivity index (χ4n) is 2.36. The molecule has 1 saturated heterocycles. The van der Waals surface area contributed by atoms with Gasteiger partial charge in [0.25, 0.3) is 0 Å². The summed E-state index contributed by atoms with van der Waals surface area (Å²) >= 11 is 2.44. The molecule has 0 aliphatic carbocycles. The van der Waals surface area contributed by atoms with Gasteiger partial charge in [0, 0.05) is 28.9 Å². The molecule has 17 heavy (non-hydrogen) atoms. The Hall–Kier alpha value is -0.130. The molecule has 0 N–H and O–H groups in total. The van der Waals surface area contributed by atoms with Crippen molar-refractivity contribution in [3.8, 4) is 0 Å². The second-order valence-corrected chi connectivity index (χ2v) is 6.14.